The fourth-order valence-corrected chi connectivity index (χ4v) is 1.55. The number of fused-ring (bicyclic) bond motifs is 1. The normalized spacial score (nSPS) is 16.8. The lowest BCUT2D eigenvalue weighted by Crippen LogP contribution is -2.25. The van der Waals surface area contributed by atoms with Crippen molar-refractivity contribution in [2.45, 2.75) is 13.5 Å². The summed E-state index contributed by atoms with van der Waals surface area (Å²) in [6, 6.07) is 5.89. The molecule has 2 rings (SSSR count). The molecule has 1 heterocycles. The first-order chi connectivity index (χ1) is 5.70. The maximum Gasteiger partial charge on any atom is 0.0779 e. The molecule has 64 valence electrons. The van der Waals surface area contributed by atoms with E-state index in [2.05, 4.69) is 0 Å². The summed E-state index contributed by atoms with van der Waals surface area (Å²) in [5.41, 5.74) is 3.21. The summed E-state index contributed by atoms with van der Waals surface area (Å²) < 4.78 is 13.0. The molecule has 1 aromatic rings. The van der Waals surface area contributed by atoms with Crippen LogP contribution in [0, 0.1) is 6.92 Å². The average Bonchev–Trinajstić information content (AvgIpc) is 2.32. The monoisotopic (exact) mass is 166 g/mol. The Hall–Kier alpha value is -1.09. The van der Waals surface area contributed by atoms with Crippen LogP contribution in [0.3, 0.4) is 0 Å². The van der Waals surface area contributed by atoms with Gasteiger partial charge in [0.05, 0.1) is 12.2 Å². The van der Waals surface area contributed by atoms with Crippen LogP contribution in [-0.2, 0) is 6.54 Å². The molecule has 0 N–H and O–H groups in total. The zero-order chi connectivity index (χ0) is 8.72. The van der Waals surface area contributed by atoms with Gasteiger partial charge in [-0.2, -0.15) is 0 Å². The fraction of sp³-hybridized carbons (Fsp3) is 0.333. The van der Waals surface area contributed by atoms with Gasteiger partial charge >= 0.3 is 0 Å². The Balaban J connectivity index is 2.53. The standard InChI is InChI=1S/C9H11FN2/c1-7-4-3-5-9-8(7)6-12(10)11(9)2/h3-5H,6H2,1-2H3. The lowest BCUT2D eigenvalue weighted by atomic mass is 10.1. The van der Waals surface area contributed by atoms with Crippen LogP contribution >= 0.6 is 0 Å². The molecule has 0 bridgehead atoms. The fourth-order valence-electron chi connectivity index (χ4n) is 1.55. The summed E-state index contributed by atoms with van der Waals surface area (Å²) in [7, 11) is 1.73. The van der Waals surface area contributed by atoms with Crippen LogP contribution < -0.4 is 5.01 Å². The summed E-state index contributed by atoms with van der Waals surface area (Å²) in [5.74, 6) is 0. The van der Waals surface area contributed by atoms with Crippen LogP contribution in [0.4, 0.5) is 10.2 Å². The van der Waals surface area contributed by atoms with Crippen LogP contribution in [0.2, 0.25) is 0 Å². The van der Waals surface area contributed by atoms with Gasteiger partial charge in [-0.1, -0.05) is 17.4 Å². The van der Waals surface area contributed by atoms with Gasteiger partial charge < -0.3 is 0 Å². The lowest BCUT2D eigenvalue weighted by molar-refractivity contribution is 0.0203. The van der Waals surface area contributed by atoms with Crippen LogP contribution in [0.5, 0.6) is 0 Å². The number of benzene rings is 1. The molecule has 0 aliphatic carbocycles. The minimum Gasteiger partial charge on any atom is -0.281 e. The molecule has 0 saturated carbocycles. The van der Waals surface area contributed by atoms with Crippen molar-refractivity contribution in [3.05, 3.63) is 29.3 Å². The molecular weight excluding hydrogens is 155 g/mol. The van der Waals surface area contributed by atoms with Gasteiger partial charge in [0.1, 0.15) is 0 Å². The molecule has 2 nitrogen and oxygen atoms in total. The quantitative estimate of drug-likeness (QED) is 0.544. The van der Waals surface area contributed by atoms with E-state index in [0.717, 1.165) is 22.0 Å². The minimum absolute atomic E-state index is 0.374. The van der Waals surface area contributed by atoms with Crippen LogP contribution in [0.15, 0.2) is 18.2 Å². The molecule has 0 radical (unpaired) electrons. The van der Waals surface area contributed by atoms with E-state index < -0.39 is 0 Å². The molecule has 1 aromatic carbocycles. The highest BCUT2D eigenvalue weighted by Gasteiger charge is 2.24. The Morgan fingerprint density at radius 3 is 2.83 bits per heavy atom. The van der Waals surface area contributed by atoms with E-state index in [1.807, 2.05) is 25.1 Å². The number of halogens is 1. The van der Waals surface area contributed by atoms with Crippen LogP contribution in [-0.4, -0.2) is 12.3 Å². The second-order valence-electron chi connectivity index (χ2n) is 3.09. The topological polar surface area (TPSA) is 6.48 Å². The zero-order valence-electron chi connectivity index (χ0n) is 7.21. The van der Waals surface area contributed by atoms with Crippen molar-refractivity contribution in [1.82, 2.24) is 5.23 Å². The maximum absolute atomic E-state index is 13.0. The van der Waals surface area contributed by atoms with E-state index in [1.165, 1.54) is 5.01 Å². The van der Waals surface area contributed by atoms with Crippen LogP contribution in [0.1, 0.15) is 11.1 Å². The number of aryl methyl sites for hydroxylation is 1. The summed E-state index contributed by atoms with van der Waals surface area (Å²) in [6.07, 6.45) is 0. The van der Waals surface area contributed by atoms with Gasteiger partial charge in [-0.05, 0) is 24.1 Å². The average molecular weight is 166 g/mol. The van der Waals surface area contributed by atoms with Crippen molar-refractivity contribution in [2.24, 2.45) is 0 Å². The highest BCUT2D eigenvalue weighted by atomic mass is 19.2. The van der Waals surface area contributed by atoms with Gasteiger partial charge in [-0.3, -0.25) is 5.01 Å². The Morgan fingerprint density at radius 1 is 1.42 bits per heavy atom. The summed E-state index contributed by atoms with van der Waals surface area (Å²) in [6.45, 7) is 2.38. The van der Waals surface area contributed by atoms with Crippen molar-refractivity contribution in [3.8, 4) is 0 Å². The van der Waals surface area contributed by atoms with Gasteiger partial charge in [-0.25, -0.2) is 0 Å². The number of rotatable bonds is 0. The van der Waals surface area contributed by atoms with Gasteiger partial charge in [0.25, 0.3) is 0 Å². The molecule has 0 aromatic heterocycles. The molecule has 0 unspecified atom stereocenters. The van der Waals surface area contributed by atoms with E-state index in [-0.39, 0.29) is 0 Å². The van der Waals surface area contributed by atoms with E-state index in [1.54, 1.807) is 7.05 Å². The van der Waals surface area contributed by atoms with Crippen LogP contribution in [0.25, 0.3) is 0 Å². The Labute approximate surface area is 71.1 Å². The maximum atomic E-state index is 13.0. The smallest absolute Gasteiger partial charge is 0.0779 e. The first-order valence-corrected chi connectivity index (χ1v) is 3.95. The summed E-state index contributed by atoms with van der Waals surface area (Å²) >= 11 is 0. The Bertz CT molecular complexity index is 311. The second kappa shape index (κ2) is 2.45. The minimum atomic E-state index is 0.374. The van der Waals surface area contributed by atoms with Gasteiger partial charge in [0.15, 0.2) is 0 Å². The molecule has 1 aliphatic rings. The number of hydrogen-bond acceptors (Lipinski definition) is 2. The molecule has 12 heavy (non-hydrogen) atoms. The SMILES string of the molecule is Cc1cccc2c1CN(F)N2C. The molecule has 0 fully saturated rings. The Morgan fingerprint density at radius 2 is 2.17 bits per heavy atom. The predicted octanol–water partition coefficient (Wildman–Crippen LogP) is 2.05. The third-order valence-corrected chi connectivity index (χ3v) is 2.35. The van der Waals surface area contributed by atoms with Crippen molar-refractivity contribution in [3.63, 3.8) is 0 Å². The Kier molecular flexibility index (Phi) is 1.54. The van der Waals surface area contributed by atoms with Gasteiger partial charge in [0.2, 0.25) is 0 Å². The number of hydrazine groups is 1. The number of nitrogens with zero attached hydrogens (tertiary/aromatic N) is 2. The number of anilines is 1. The molecule has 0 amide bonds. The van der Waals surface area contributed by atoms with E-state index >= 15 is 0 Å². The second-order valence-corrected chi connectivity index (χ2v) is 3.09. The van der Waals surface area contributed by atoms with Crippen molar-refractivity contribution < 1.29 is 4.48 Å². The first kappa shape index (κ1) is 7.55. The molecule has 3 heteroatoms. The third kappa shape index (κ3) is 0.898. The predicted molar refractivity (Wildman–Crippen MR) is 46.2 cm³/mol. The van der Waals surface area contributed by atoms with Gasteiger partial charge in [-0.15, -0.1) is 4.48 Å². The zero-order valence-corrected chi connectivity index (χ0v) is 7.21. The van der Waals surface area contributed by atoms with E-state index in [0.29, 0.717) is 6.54 Å². The summed E-state index contributed by atoms with van der Waals surface area (Å²) in [4.78, 5) is 0. The largest absolute Gasteiger partial charge is 0.281 e. The highest BCUT2D eigenvalue weighted by molar-refractivity contribution is 5.57. The van der Waals surface area contributed by atoms with Gasteiger partial charge in [0, 0.05) is 7.05 Å². The number of hydrogen-bond donors (Lipinski definition) is 0. The molecule has 0 spiro atoms. The van der Waals surface area contributed by atoms with E-state index in [4.69, 9.17) is 0 Å². The van der Waals surface area contributed by atoms with Crippen molar-refractivity contribution in [1.29, 1.82) is 0 Å². The first-order valence-electron chi connectivity index (χ1n) is 3.95. The third-order valence-electron chi connectivity index (χ3n) is 2.35. The van der Waals surface area contributed by atoms with Crippen molar-refractivity contribution >= 4 is 5.69 Å². The molecule has 1 aliphatic heterocycles. The lowest BCUT2D eigenvalue weighted by Gasteiger charge is -2.15. The summed E-state index contributed by atoms with van der Waals surface area (Å²) in [5, 5.41) is 2.25. The van der Waals surface area contributed by atoms with Crippen molar-refractivity contribution in [2.75, 3.05) is 12.1 Å². The highest BCUT2D eigenvalue weighted by Crippen LogP contribution is 2.31. The molecule has 0 saturated heterocycles. The molecule has 0 atom stereocenters. The molecular formula is C9H11FN2. The van der Waals surface area contributed by atoms with E-state index in [9.17, 15) is 4.48 Å².